The van der Waals surface area contributed by atoms with Crippen LogP contribution in [0.15, 0.2) is 52.4 Å². The molecule has 2 aromatic heterocycles. The minimum absolute atomic E-state index is 0.110. The highest BCUT2D eigenvalue weighted by atomic mass is 32.2. The van der Waals surface area contributed by atoms with E-state index in [0.29, 0.717) is 5.25 Å². The average Bonchev–Trinajstić information content (AvgIpc) is 2.90. The zero-order valence-electron chi connectivity index (χ0n) is 12.1. The molecule has 1 atom stereocenters. The quantitative estimate of drug-likeness (QED) is 0.845. The van der Waals surface area contributed by atoms with Crippen molar-refractivity contribution in [3.63, 3.8) is 0 Å². The lowest BCUT2D eigenvalue weighted by Gasteiger charge is -2.19. The molecular weight excluding hydrogens is 282 g/mol. The van der Waals surface area contributed by atoms with Gasteiger partial charge in [0.2, 0.25) is 0 Å². The Bertz CT molecular complexity index is 656. The zero-order chi connectivity index (χ0) is 14.7. The number of hydrogen-bond donors (Lipinski definition) is 0. The van der Waals surface area contributed by atoms with Crippen molar-refractivity contribution in [3.05, 3.63) is 58.6 Å². The Balaban J connectivity index is 1.52. The first kappa shape index (κ1) is 14.4. The summed E-state index contributed by atoms with van der Waals surface area (Å²) in [5, 5.41) is 1.54. The Morgan fingerprint density at radius 3 is 3.00 bits per heavy atom. The van der Waals surface area contributed by atoms with Gasteiger partial charge >= 0.3 is 0 Å². The highest BCUT2D eigenvalue weighted by Crippen LogP contribution is 2.30. The molecule has 1 unspecified atom stereocenters. The molecule has 0 aliphatic carbocycles. The predicted molar refractivity (Wildman–Crippen MR) is 85.8 cm³/mol. The fourth-order valence-corrected chi connectivity index (χ4v) is 3.92. The number of thioether (sulfide) groups is 1. The molecule has 5 heteroatoms. The van der Waals surface area contributed by atoms with Crippen molar-refractivity contribution >= 4 is 11.8 Å². The van der Waals surface area contributed by atoms with Crippen molar-refractivity contribution in [2.45, 2.75) is 23.2 Å². The summed E-state index contributed by atoms with van der Waals surface area (Å²) in [6.45, 7) is 2.78. The van der Waals surface area contributed by atoms with E-state index in [1.54, 1.807) is 17.8 Å². The Kier molecular flexibility index (Phi) is 4.41. The number of hydrogen-bond acceptors (Lipinski definition) is 4. The third-order valence-corrected chi connectivity index (χ3v) is 4.90. The largest absolute Gasteiger partial charge is 0.305 e. The summed E-state index contributed by atoms with van der Waals surface area (Å²) in [5.74, 6) is 0. The van der Waals surface area contributed by atoms with Gasteiger partial charge < -0.3 is 9.47 Å². The average molecular weight is 301 g/mol. The van der Waals surface area contributed by atoms with Crippen LogP contribution >= 0.6 is 11.8 Å². The Morgan fingerprint density at radius 2 is 2.24 bits per heavy atom. The molecule has 1 aliphatic rings. The van der Waals surface area contributed by atoms with Gasteiger partial charge in [-0.3, -0.25) is 9.78 Å². The lowest BCUT2D eigenvalue weighted by atomic mass is 10.2. The molecule has 4 nitrogen and oxygen atoms in total. The van der Waals surface area contributed by atoms with Gasteiger partial charge in [-0.1, -0.05) is 12.1 Å². The number of pyridine rings is 2. The topological polar surface area (TPSA) is 38.1 Å². The minimum Gasteiger partial charge on any atom is -0.305 e. The third kappa shape index (κ3) is 3.54. The van der Waals surface area contributed by atoms with Crippen LogP contribution in [0.4, 0.5) is 0 Å². The standard InChI is InChI=1S/C16H19N3OS/c1-18(10-8-13-5-2-3-9-17-13)11-14-12-19-15(20)6-4-7-16(19)21-14/h2-7,9,14H,8,10-12H2,1H3. The van der Waals surface area contributed by atoms with Gasteiger partial charge in [0.25, 0.3) is 5.56 Å². The molecule has 0 fully saturated rings. The van der Waals surface area contributed by atoms with Gasteiger partial charge in [0.15, 0.2) is 0 Å². The molecule has 0 N–H and O–H groups in total. The van der Waals surface area contributed by atoms with Crippen LogP contribution in [0.1, 0.15) is 5.69 Å². The first-order valence-electron chi connectivity index (χ1n) is 7.17. The fourth-order valence-electron chi connectivity index (χ4n) is 2.58. The van der Waals surface area contributed by atoms with E-state index in [9.17, 15) is 4.79 Å². The third-order valence-electron chi connectivity index (χ3n) is 3.67. The van der Waals surface area contributed by atoms with Crippen LogP contribution in [0.25, 0.3) is 0 Å². The summed E-state index contributed by atoms with van der Waals surface area (Å²) in [7, 11) is 2.13. The maximum Gasteiger partial charge on any atom is 0.251 e. The summed E-state index contributed by atoms with van der Waals surface area (Å²) in [6, 6.07) is 11.5. The molecule has 0 radical (unpaired) electrons. The fraction of sp³-hybridized carbons (Fsp3) is 0.375. The number of rotatable bonds is 5. The number of nitrogens with zero attached hydrogens (tertiary/aromatic N) is 3. The summed E-state index contributed by atoms with van der Waals surface area (Å²) >= 11 is 1.81. The summed E-state index contributed by atoms with van der Waals surface area (Å²) in [4.78, 5) is 18.5. The molecule has 2 aromatic rings. The van der Waals surface area contributed by atoms with Crippen LogP contribution in [-0.2, 0) is 13.0 Å². The van der Waals surface area contributed by atoms with Crippen LogP contribution in [0.3, 0.4) is 0 Å². The van der Waals surface area contributed by atoms with Crippen molar-refractivity contribution in [1.82, 2.24) is 14.5 Å². The van der Waals surface area contributed by atoms with E-state index in [2.05, 4.69) is 23.0 Å². The molecule has 3 heterocycles. The number of fused-ring (bicyclic) bond motifs is 1. The van der Waals surface area contributed by atoms with Crippen molar-refractivity contribution in [1.29, 1.82) is 0 Å². The summed E-state index contributed by atoms with van der Waals surface area (Å²) < 4.78 is 1.88. The minimum atomic E-state index is 0.110. The van der Waals surface area contributed by atoms with E-state index < -0.39 is 0 Å². The molecule has 0 aromatic carbocycles. The predicted octanol–water partition coefficient (Wildman–Crippen LogP) is 1.89. The lowest BCUT2D eigenvalue weighted by molar-refractivity contribution is 0.330. The zero-order valence-corrected chi connectivity index (χ0v) is 12.9. The second kappa shape index (κ2) is 6.45. The lowest BCUT2D eigenvalue weighted by Crippen LogP contribution is -2.31. The van der Waals surface area contributed by atoms with Gasteiger partial charge in [-0.05, 0) is 25.2 Å². The number of aromatic nitrogens is 2. The smallest absolute Gasteiger partial charge is 0.251 e. The maximum absolute atomic E-state index is 11.8. The molecule has 0 saturated carbocycles. The normalized spacial score (nSPS) is 17.1. The van der Waals surface area contributed by atoms with Crippen molar-refractivity contribution in [2.24, 2.45) is 0 Å². The number of likely N-dealkylation sites (N-methyl/N-ethyl adjacent to an activating group) is 1. The van der Waals surface area contributed by atoms with Crippen molar-refractivity contribution < 1.29 is 0 Å². The molecule has 0 spiro atoms. The van der Waals surface area contributed by atoms with Gasteiger partial charge in [-0.2, -0.15) is 0 Å². The molecule has 0 bridgehead atoms. The van der Waals surface area contributed by atoms with Gasteiger partial charge in [-0.15, -0.1) is 11.8 Å². The highest BCUT2D eigenvalue weighted by Gasteiger charge is 2.23. The summed E-state index contributed by atoms with van der Waals surface area (Å²) in [5.41, 5.74) is 1.24. The molecule has 3 rings (SSSR count). The maximum atomic E-state index is 11.8. The van der Waals surface area contributed by atoms with Gasteiger partial charge in [-0.25, -0.2) is 0 Å². The molecule has 110 valence electrons. The monoisotopic (exact) mass is 301 g/mol. The molecule has 0 saturated heterocycles. The Hall–Kier alpha value is -1.59. The van der Waals surface area contributed by atoms with E-state index in [0.717, 1.165) is 36.8 Å². The second-order valence-electron chi connectivity index (χ2n) is 5.39. The van der Waals surface area contributed by atoms with Crippen LogP contribution in [0, 0.1) is 0 Å². The van der Waals surface area contributed by atoms with E-state index >= 15 is 0 Å². The van der Waals surface area contributed by atoms with E-state index in [4.69, 9.17) is 0 Å². The van der Waals surface area contributed by atoms with Gasteiger partial charge in [0, 0.05) is 49.3 Å². The van der Waals surface area contributed by atoms with Crippen LogP contribution in [0.5, 0.6) is 0 Å². The first-order valence-corrected chi connectivity index (χ1v) is 8.05. The van der Waals surface area contributed by atoms with E-state index in [1.165, 1.54) is 0 Å². The van der Waals surface area contributed by atoms with Crippen LogP contribution in [-0.4, -0.2) is 39.8 Å². The Labute approximate surface area is 128 Å². The van der Waals surface area contributed by atoms with Gasteiger partial charge in [0.1, 0.15) is 0 Å². The van der Waals surface area contributed by atoms with E-state index in [1.807, 2.05) is 35.0 Å². The van der Waals surface area contributed by atoms with E-state index in [-0.39, 0.29) is 5.56 Å². The first-order chi connectivity index (χ1) is 10.2. The van der Waals surface area contributed by atoms with Crippen LogP contribution < -0.4 is 5.56 Å². The van der Waals surface area contributed by atoms with Crippen molar-refractivity contribution in [3.8, 4) is 0 Å². The van der Waals surface area contributed by atoms with Gasteiger partial charge in [0.05, 0.1) is 5.03 Å². The molecular formula is C16H19N3OS. The molecule has 1 aliphatic heterocycles. The Morgan fingerprint density at radius 1 is 1.33 bits per heavy atom. The SMILES string of the molecule is CN(CCc1ccccn1)CC1Cn2c(cccc2=O)S1. The summed E-state index contributed by atoms with van der Waals surface area (Å²) in [6.07, 6.45) is 2.80. The molecule has 0 amide bonds. The van der Waals surface area contributed by atoms with Crippen molar-refractivity contribution in [2.75, 3.05) is 20.1 Å². The highest BCUT2D eigenvalue weighted by molar-refractivity contribution is 8.00. The second-order valence-corrected chi connectivity index (χ2v) is 6.71. The van der Waals surface area contributed by atoms with Crippen LogP contribution in [0.2, 0.25) is 0 Å². The molecule has 21 heavy (non-hydrogen) atoms.